The van der Waals surface area contributed by atoms with Gasteiger partial charge < -0.3 is 9.47 Å². The number of nitrogens with zero attached hydrogens (tertiary/aromatic N) is 2. The molecule has 0 unspecified atom stereocenters. The van der Waals surface area contributed by atoms with Crippen molar-refractivity contribution in [3.8, 4) is 5.75 Å². The number of ether oxygens (including phenoxy) is 2. The van der Waals surface area contributed by atoms with Gasteiger partial charge in [-0.15, -0.1) is 13.2 Å². The zero-order valence-electron chi connectivity index (χ0n) is 27.5. The Hall–Kier alpha value is -3.21. The summed E-state index contributed by atoms with van der Waals surface area (Å²) in [6.45, 7) is 11.1. The van der Waals surface area contributed by atoms with Crippen LogP contribution in [-0.2, 0) is 16.0 Å². The number of aryl methyl sites for hydroxylation is 1. The molecule has 0 saturated carbocycles. The first-order chi connectivity index (χ1) is 21.7. The molecule has 0 spiro atoms. The fraction of sp³-hybridized carbons (Fsp3) is 0.564. The number of esters is 1. The van der Waals surface area contributed by atoms with Crippen LogP contribution in [0.15, 0.2) is 84.1 Å². The summed E-state index contributed by atoms with van der Waals surface area (Å²) in [5, 5.41) is 8.74. The number of allylic oxidation sites excluding steroid dienone is 2. The van der Waals surface area contributed by atoms with E-state index >= 15 is 0 Å². The lowest BCUT2D eigenvalue weighted by atomic mass is 9.96. The van der Waals surface area contributed by atoms with Gasteiger partial charge in [-0.1, -0.05) is 82.6 Å². The highest BCUT2D eigenvalue weighted by molar-refractivity contribution is 5.72. The highest BCUT2D eigenvalue weighted by Crippen LogP contribution is 2.23. The van der Waals surface area contributed by atoms with E-state index in [1.807, 2.05) is 48.6 Å². The minimum atomic E-state index is -0.0174. The quantitative estimate of drug-likeness (QED) is 0.0442. The Morgan fingerprint density at radius 3 is 1.75 bits per heavy atom. The molecule has 0 N–H and O–H groups in total. The molecule has 242 valence electrons. The number of rotatable bonds is 27. The molecule has 44 heavy (non-hydrogen) atoms. The summed E-state index contributed by atoms with van der Waals surface area (Å²) < 4.78 is 11.5. The van der Waals surface area contributed by atoms with Gasteiger partial charge in [-0.25, -0.2) is 0 Å². The topological polar surface area (TPSA) is 60.2 Å². The average Bonchev–Trinajstić information content (AvgIpc) is 3.05. The molecule has 0 aliphatic carbocycles. The van der Waals surface area contributed by atoms with E-state index in [1.165, 1.54) is 56.9 Å². The van der Waals surface area contributed by atoms with E-state index in [0.29, 0.717) is 6.61 Å². The van der Waals surface area contributed by atoms with Crippen LogP contribution in [0.25, 0.3) is 0 Å². The van der Waals surface area contributed by atoms with Gasteiger partial charge in [-0.3, -0.25) is 4.79 Å². The summed E-state index contributed by atoms with van der Waals surface area (Å²) in [5.74, 6) is 0.875. The normalized spacial score (nSPS) is 11.2. The van der Waals surface area contributed by atoms with Crippen molar-refractivity contribution in [1.82, 2.24) is 0 Å². The SMILES string of the molecule is C=CCCCC(CCCC=C)C(=O)OCCCCCCCCCCOc1ccc(N=Nc2ccc(CCCCC)cc2)cc1. The van der Waals surface area contributed by atoms with E-state index in [4.69, 9.17) is 9.47 Å². The Kier molecular flexibility index (Phi) is 21.1. The van der Waals surface area contributed by atoms with Crippen molar-refractivity contribution < 1.29 is 14.3 Å². The first kappa shape index (κ1) is 37.0. The molecular weight excluding hydrogens is 544 g/mol. The fourth-order valence-corrected chi connectivity index (χ4v) is 5.18. The maximum Gasteiger partial charge on any atom is 0.308 e. The Balaban J connectivity index is 1.48. The summed E-state index contributed by atoms with van der Waals surface area (Å²) >= 11 is 0. The predicted octanol–water partition coefficient (Wildman–Crippen LogP) is 12.2. The third-order valence-corrected chi connectivity index (χ3v) is 7.93. The Bertz CT molecular complexity index is 1030. The van der Waals surface area contributed by atoms with Gasteiger partial charge in [-0.2, -0.15) is 10.2 Å². The van der Waals surface area contributed by atoms with Gasteiger partial charge in [0.1, 0.15) is 5.75 Å². The van der Waals surface area contributed by atoms with Crippen LogP contribution in [0.2, 0.25) is 0 Å². The average molecular weight is 603 g/mol. The van der Waals surface area contributed by atoms with Gasteiger partial charge >= 0.3 is 5.97 Å². The number of benzene rings is 2. The van der Waals surface area contributed by atoms with Crippen LogP contribution >= 0.6 is 0 Å². The molecule has 0 heterocycles. The summed E-state index contributed by atoms with van der Waals surface area (Å²) in [6, 6.07) is 16.2. The van der Waals surface area contributed by atoms with E-state index < -0.39 is 0 Å². The van der Waals surface area contributed by atoms with E-state index in [1.54, 1.807) is 0 Å². The lowest BCUT2D eigenvalue weighted by molar-refractivity contribution is -0.149. The number of carbonyl (C=O) groups excluding carboxylic acids is 1. The van der Waals surface area contributed by atoms with Gasteiger partial charge in [0, 0.05) is 0 Å². The lowest BCUT2D eigenvalue weighted by Crippen LogP contribution is -2.18. The molecule has 2 aromatic rings. The van der Waals surface area contributed by atoms with Crippen LogP contribution in [0.4, 0.5) is 11.4 Å². The van der Waals surface area contributed by atoms with Gasteiger partial charge in [0.2, 0.25) is 0 Å². The maximum absolute atomic E-state index is 12.5. The molecule has 5 nitrogen and oxygen atoms in total. The largest absolute Gasteiger partial charge is 0.494 e. The fourth-order valence-electron chi connectivity index (χ4n) is 5.18. The minimum Gasteiger partial charge on any atom is -0.494 e. The maximum atomic E-state index is 12.5. The van der Waals surface area contributed by atoms with E-state index in [9.17, 15) is 4.79 Å². The van der Waals surface area contributed by atoms with Crippen LogP contribution in [-0.4, -0.2) is 19.2 Å². The van der Waals surface area contributed by atoms with Crippen molar-refractivity contribution in [2.75, 3.05) is 13.2 Å². The molecule has 0 amide bonds. The van der Waals surface area contributed by atoms with E-state index in [2.05, 4.69) is 42.4 Å². The molecule has 0 bridgehead atoms. The predicted molar refractivity (Wildman–Crippen MR) is 185 cm³/mol. The summed E-state index contributed by atoms with van der Waals surface area (Å²) in [4.78, 5) is 12.5. The summed E-state index contributed by atoms with van der Waals surface area (Å²) in [6.07, 6.45) is 23.7. The van der Waals surface area contributed by atoms with Crippen molar-refractivity contribution >= 4 is 17.3 Å². The molecule has 2 aromatic carbocycles. The highest BCUT2D eigenvalue weighted by Gasteiger charge is 2.18. The molecular formula is C39H58N2O3. The Labute approximate surface area is 268 Å². The third kappa shape index (κ3) is 17.8. The zero-order valence-corrected chi connectivity index (χ0v) is 27.5. The number of azo groups is 1. The minimum absolute atomic E-state index is 0.0170. The number of hydrogen-bond donors (Lipinski definition) is 0. The van der Waals surface area contributed by atoms with Gasteiger partial charge in [0.25, 0.3) is 0 Å². The second-order valence-corrected chi connectivity index (χ2v) is 11.8. The molecule has 0 aromatic heterocycles. The second kappa shape index (κ2) is 25.2. The van der Waals surface area contributed by atoms with Gasteiger partial charge in [0.05, 0.1) is 30.5 Å². The van der Waals surface area contributed by atoms with Crippen molar-refractivity contribution in [2.45, 2.75) is 122 Å². The molecule has 0 radical (unpaired) electrons. The molecule has 2 rings (SSSR count). The molecule has 0 aliphatic heterocycles. The molecule has 5 heteroatoms. The Morgan fingerprint density at radius 1 is 0.682 bits per heavy atom. The third-order valence-electron chi connectivity index (χ3n) is 7.93. The number of hydrogen-bond acceptors (Lipinski definition) is 5. The summed E-state index contributed by atoms with van der Waals surface area (Å²) in [5.41, 5.74) is 3.06. The Morgan fingerprint density at radius 2 is 1.20 bits per heavy atom. The van der Waals surface area contributed by atoms with Crippen LogP contribution in [0.5, 0.6) is 5.75 Å². The highest BCUT2D eigenvalue weighted by atomic mass is 16.5. The number of carbonyl (C=O) groups is 1. The molecule has 0 atom stereocenters. The lowest BCUT2D eigenvalue weighted by Gasteiger charge is -2.15. The van der Waals surface area contributed by atoms with Gasteiger partial charge in [-0.05, 0) is 106 Å². The first-order valence-corrected chi connectivity index (χ1v) is 17.3. The monoisotopic (exact) mass is 602 g/mol. The molecule has 0 fully saturated rings. The van der Waals surface area contributed by atoms with Crippen LogP contribution < -0.4 is 4.74 Å². The number of unbranched alkanes of at least 4 members (excludes halogenated alkanes) is 11. The summed E-state index contributed by atoms with van der Waals surface area (Å²) in [7, 11) is 0. The van der Waals surface area contributed by atoms with Gasteiger partial charge in [0.15, 0.2) is 0 Å². The molecule has 0 aliphatic rings. The molecule has 0 saturated heterocycles. The smallest absolute Gasteiger partial charge is 0.308 e. The van der Waals surface area contributed by atoms with Crippen molar-refractivity contribution in [2.24, 2.45) is 16.1 Å². The van der Waals surface area contributed by atoms with Crippen LogP contribution in [0, 0.1) is 5.92 Å². The standard InChI is InChI=1S/C39H58N2O3/c1-4-7-16-21-34-24-26-36(27-25-34)40-41-37-28-30-38(31-29-37)43-32-19-14-12-10-11-13-15-20-33-44-39(42)35(22-17-8-5-2)23-18-9-6-3/h5-6,24-31,35H,2-4,7-23,32-33H2,1H3. The van der Waals surface area contributed by atoms with Crippen molar-refractivity contribution in [3.63, 3.8) is 0 Å². The zero-order chi connectivity index (χ0) is 31.5. The van der Waals surface area contributed by atoms with Crippen LogP contribution in [0.1, 0.15) is 122 Å². The van der Waals surface area contributed by atoms with Crippen LogP contribution in [0.3, 0.4) is 0 Å². The van der Waals surface area contributed by atoms with E-state index in [-0.39, 0.29) is 11.9 Å². The second-order valence-electron chi connectivity index (χ2n) is 11.8. The van der Waals surface area contributed by atoms with Crippen molar-refractivity contribution in [3.05, 3.63) is 79.4 Å². The van der Waals surface area contributed by atoms with E-state index in [0.717, 1.165) is 87.9 Å². The van der Waals surface area contributed by atoms with Crippen molar-refractivity contribution in [1.29, 1.82) is 0 Å². The first-order valence-electron chi connectivity index (χ1n) is 17.3.